The molecule has 0 atom stereocenters. The minimum Gasteiger partial charge on any atom is -0.455 e. The predicted molar refractivity (Wildman–Crippen MR) is 80.9 cm³/mol. The van der Waals surface area contributed by atoms with E-state index in [2.05, 4.69) is 5.32 Å². The summed E-state index contributed by atoms with van der Waals surface area (Å²) in [4.78, 5) is 23.3. The number of anilines is 1. The number of nitrogens with one attached hydrogen (secondary N) is 1. The number of esters is 1. The van der Waals surface area contributed by atoms with Gasteiger partial charge in [0, 0.05) is 5.69 Å². The summed E-state index contributed by atoms with van der Waals surface area (Å²) in [6, 6.07) is 12.8. The molecule has 114 valence electrons. The zero-order valence-corrected chi connectivity index (χ0v) is 12.1. The van der Waals surface area contributed by atoms with Crippen LogP contribution in [0.2, 0.25) is 0 Å². The molecule has 0 radical (unpaired) electrons. The Labute approximate surface area is 127 Å². The molecule has 0 heterocycles. The Morgan fingerprint density at radius 2 is 1.68 bits per heavy atom. The van der Waals surface area contributed by atoms with Gasteiger partial charge in [-0.15, -0.1) is 0 Å². The highest BCUT2D eigenvalue weighted by atomic mass is 19.1. The largest absolute Gasteiger partial charge is 0.455 e. The lowest BCUT2D eigenvalue weighted by molar-refractivity contribution is -0.146. The summed E-state index contributed by atoms with van der Waals surface area (Å²) in [6.07, 6.45) is -0.00189. The Morgan fingerprint density at radius 3 is 2.32 bits per heavy atom. The molecule has 2 aromatic carbocycles. The number of rotatable bonds is 5. The Balaban J connectivity index is 1.76. The second-order valence-electron chi connectivity index (χ2n) is 4.88. The van der Waals surface area contributed by atoms with Crippen LogP contribution in [0.3, 0.4) is 0 Å². The van der Waals surface area contributed by atoms with Crippen molar-refractivity contribution in [1.29, 1.82) is 0 Å². The first-order valence-electron chi connectivity index (χ1n) is 6.79. The first-order valence-corrected chi connectivity index (χ1v) is 6.79. The van der Waals surface area contributed by atoms with Crippen LogP contribution in [0, 0.1) is 12.7 Å². The van der Waals surface area contributed by atoms with Crippen LogP contribution < -0.4 is 5.32 Å². The minimum absolute atomic E-state index is 0.00189. The molecule has 0 aromatic heterocycles. The maximum absolute atomic E-state index is 12.7. The zero-order chi connectivity index (χ0) is 15.9. The Kier molecular flexibility index (Phi) is 5.25. The van der Waals surface area contributed by atoms with E-state index in [1.165, 1.54) is 24.3 Å². The molecular weight excluding hydrogens is 285 g/mol. The standard InChI is InChI=1S/C17H16FNO3/c1-12-2-8-15(9-3-12)19-16(20)11-22-17(21)10-13-4-6-14(18)7-5-13/h2-9H,10-11H2,1H3,(H,19,20). The predicted octanol–water partition coefficient (Wildman–Crippen LogP) is 2.86. The molecule has 0 saturated carbocycles. The number of amides is 1. The van der Waals surface area contributed by atoms with Crippen LogP contribution in [0.1, 0.15) is 11.1 Å². The maximum atomic E-state index is 12.7. The first kappa shape index (κ1) is 15.7. The molecule has 0 unspecified atom stereocenters. The number of hydrogen-bond acceptors (Lipinski definition) is 3. The topological polar surface area (TPSA) is 55.4 Å². The Morgan fingerprint density at radius 1 is 1.05 bits per heavy atom. The van der Waals surface area contributed by atoms with Crippen molar-refractivity contribution in [3.8, 4) is 0 Å². The van der Waals surface area contributed by atoms with Crippen LogP contribution in [0.5, 0.6) is 0 Å². The Bertz CT molecular complexity index is 591. The third-order valence-electron chi connectivity index (χ3n) is 2.96. The quantitative estimate of drug-likeness (QED) is 0.864. The van der Waals surface area contributed by atoms with E-state index in [4.69, 9.17) is 4.74 Å². The van der Waals surface area contributed by atoms with Gasteiger partial charge < -0.3 is 10.1 Å². The number of benzene rings is 2. The molecule has 0 fully saturated rings. The van der Waals surface area contributed by atoms with Crippen molar-refractivity contribution in [2.24, 2.45) is 0 Å². The number of carbonyl (C=O) groups excluding carboxylic acids is 2. The molecule has 0 aliphatic rings. The summed E-state index contributed by atoms with van der Waals surface area (Å²) in [7, 11) is 0. The van der Waals surface area contributed by atoms with Crippen LogP contribution >= 0.6 is 0 Å². The molecule has 1 amide bonds. The van der Waals surface area contributed by atoms with Crippen LogP contribution in [-0.4, -0.2) is 18.5 Å². The van der Waals surface area contributed by atoms with Gasteiger partial charge in [0.2, 0.25) is 0 Å². The molecule has 2 rings (SSSR count). The van der Waals surface area contributed by atoms with Gasteiger partial charge in [-0.05, 0) is 36.8 Å². The van der Waals surface area contributed by atoms with Crippen LogP contribution in [-0.2, 0) is 20.7 Å². The smallest absolute Gasteiger partial charge is 0.310 e. The van der Waals surface area contributed by atoms with Gasteiger partial charge in [0.05, 0.1) is 6.42 Å². The van der Waals surface area contributed by atoms with Gasteiger partial charge in [0.25, 0.3) is 5.91 Å². The van der Waals surface area contributed by atoms with E-state index < -0.39 is 11.9 Å². The third kappa shape index (κ3) is 5.01. The average molecular weight is 301 g/mol. The highest BCUT2D eigenvalue weighted by Gasteiger charge is 2.09. The fourth-order valence-electron chi connectivity index (χ4n) is 1.80. The average Bonchev–Trinajstić information content (AvgIpc) is 2.50. The number of carbonyl (C=O) groups is 2. The molecule has 0 spiro atoms. The van der Waals surface area contributed by atoms with Crippen molar-refractivity contribution in [1.82, 2.24) is 0 Å². The maximum Gasteiger partial charge on any atom is 0.310 e. The SMILES string of the molecule is Cc1ccc(NC(=O)COC(=O)Cc2ccc(F)cc2)cc1. The van der Waals surface area contributed by atoms with Gasteiger partial charge in [0.1, 0.15) is 5.82 Å². The van der Waals surface area contributed by atoms with Crippen molar-refractivity contribution < 1.29 is 18.7 Å². The molecule has 5 heteroatoms. The van der Waals surface area contributed by atoms with E-state index in [1.807, 2.05) is 19.1 Å². The van der Waals surface area contributed by atoms with E-state index >= 15 is 0 Å². The lowest BCUT2D eigenvalue weighted by atomic mass is 10.1. The summed E-state index contributed by atoms with van der Waals surface area (Å²) in [6.45, 7) is 1.59. The minimum atomic E-state index is -0.536. The molecule has 4 nitrogen and oxygen atoms in total. The van der Waals surface area contributed by atoms with Crippen molar-refractivity contribution in [2.45, 2.75) is 13.3 Å². The molecule has 1 N–H and O–H groups in total. The van der Waals surface area contributed by atoms with Gasteiger partial charge in [-0.3, -0.25) is 9.59 Å². The van der Waals surface area contributed by atoms with Crippen molar-refractivity contribution in [3.05, 3.63) is 65.5 Å². The summed E-state index contributed by atoms with van der Waals surface area (Å²) >= 11 is 0. The summed E-state index contributed by atoms with van der Waals surface area (Å²) in [5, 5.41) is 2.63. The number of aryl methyl sites for hydroxylation is 1. The van der Waals surface area contributed by atoms with Gasteiger partial charge in [0.15, 0.2) is 6.61 Å². The zero-order valence-electron chi connectivity index (χ0n) is 12.1. The molecular formula is C17H16FNO3. The van der Waals surface area contributed by atoms with Gasteiger partial charge in [-0.2, -0.15) is 0 Å². The van der Waals surface area contributed by atoms with E-state index in [1.54, 1.807) is 12.1 Å². The van der Waals surface area contributed by atoms with E-state index in [0.717, 1.165) is 5.56 Å². The first-order chi connectivity index (χ1) is 10.5. The summed E-state index contributed by atoms with van der Waals surface area (Å²) < 4.78 is 17.6. The van der Waals surface area contributed by atoms with E-state index in [9.17, 15) is 14.0 Å². The molecule has 0 bridgehead atoms. The number of hydrogen-bond donors (Lipinski definition) is 1. The monoisotopic (exact) mass is 301 g/mol. The molecule has 0 saturated heterocycles. The molecule has 0 aliphatic carbocycles. The molecule has 22 heavy (non-hydrogen) atoms. The van der Waals surface area contributed by atoms with E-state index in [-0.39, 0.29) is 18.8 Å². The number of halogens is 1. The second-order valence-corrected chi connectivity index (χ2v) is 4.88. The highest BCUT2D eigenvalue weighted by Crippen LogP contribution is 2.08. The van der Waals surface area contributed by atoms with E-state index in [0.29, 0.717) is 11.3 Å². The normalized spacial score (nSPS) is 10.1. The number of ether oxygens (including phenoxy) is 1. The van der Waals surface area contributed by atoms with Crippen LogP contribution in [0.15, 0.2) is 48.5 Å². The Hall–Kier alpha value is -2.69. The lowest BCUT2D eigenvalue weighted by Crippen LogP contribution is -2.21. The lowest BCUT2D eigenvalue weighted by Gasteiger charge is -2.07. The highest BCUT2D eigenvalue weighted by molar-refractivity contribution is 5.92. The van der Waals surface area contributed by atoms with Gasteiger partial charge in [-0.1, -0.05) is 29.8 Å². The second kappa shape index (κ2) is 7.36. The van der Waals surface area contributed by atoms with Gasteiger partial charge >= 0.3 is 5.97 Å². The van der Waals surface area contributed by atoms with Crippen molar-refractivity contribution in [3.63, 3.8) is 0 Å². The fraction of sp³-hybridized carbons (Fsp3) is 0.176. The third-order valence-corrected chi connectivity index (χ3v) is 2.96. The fourth-order valence-corrected chi connectivity index (χ4v) is 1.80. The van der Waals surface area contributed by atoms with Crippen molar-refractivity contribution >= 4 is 17.6 Å². The molecule has 0 aliphatic heterocycles. The van der Waals surface area contributed by atoms with Crippen LogP contribution in [0.4, 0.5) is 10.1 Å². The van der Waals surface area contributed by atoms with Gasteiger partial charge in [-0.25, -0.2) is 4.39 Å². The van der Waals surface area contributed by atoms with Crippen LogP contribution in [0.25, 0.3) is 0 Å². The van der Waals surface area contributed by atoms with Crippen molar-refractivity contribution in [2.75, 3.05) is 11.9 Å². The summed E-state index contributed by atoms with van der Waals surface area (Å²) in [5.41, 5.74) is 2.36. The molecule has 2 aromatic rings. The summed E-state index contributed by atoms with van der Waals surface area (Å²) in [5.74, 6) is -1.31.